The highest BCUT2D eigenvalue weighted by atomic mass is 32.2. The molecule has 3 heterocycles. The molecule has 0 amide bonds. The SMILES string of the molecule is COC(=O)[C@H](C)Cc1cccc([C@@]2(C)CCCC(C)(C)CS(=O)(=O)CCc3c(c(F)cc4c3ccn4S(C)(=O)=O)Sc3cc(c(F)cc3C(=O)O)-c3nc2nn3C)c1. The Kier molecular flexibility index (Phi) is 11.8. The number of carbonyl (C=O) groups excluding carboxylic acids is 1. The van der Waals surface area contributed by atoms with Crippen LogP contribution in [0.25, 0.3) is 22.3 Å². The summed E-state index contributed by atoms with van der Waals surface area (Å²) in [5, 5.41) is 15.3. The number of ether oxygens (including phenoxy) is 1. The molecule has 310 valence electrons. The van der Waals surface area contributed by atoms with Crippen molar-refractivity contribution in [3.05, 3.63) is 94.4 Å². The molecular formula is C41H46F2N4O8S3. The third kappa shape index (κ3) is 8.71. The van der Waals surface area contributed by atoms with Crippen LogP contribution in [0.2, 0.25) is 0 Å². The highest BCUT2D eigenvalue weighted by molar-refractivity contribution is 7.99. The van der Waals surface area contributed by atoms with Crippen molar-refractivity contribution < 1.29 is 45.0 Å². The predicted molar refractivity (Wildman–Crippen MR) is 217 cm³/mol. The molecule has 1 aliphatic rings. The molecule has 0 saturated heterocycles. The first-order valence-electron chi connectivity index (χ1n) is 18.6. The lowest BCUT2D eigenvalue weighted by Gasteiger charge is -2.31. The maximum Gasteiger partial charge on any atom is 0.336 e. The fraction of sp³-hybridized carbons (Fsp3) is 0.415. The number of carboxylic acids is 1. The van der Waals surface area contributed by atoms with E-state index < -0.39 is 65.5 Å². The van der Waals surface area contributed by atoms with E-state index in [1.54, 1.807) is 14.0 Å². The summed E-state index contributed by atoms with van der Waals surface area (Å²) in [7, 11) is -4.77. The van der Waals surface area contributed by atoms with E-state index in [0.29, 0.717) is 43.3 Å². The number of rotatable bonds is 6. The van der Waals surface area contributed by atoms with Crippen molar-refractivity contribution in [2.75, 3.05) is 24.9 Å². The van der Waals surface area contributed by atoms with Gasteiger partial charge in [-0.05, 0) is 72.9 Å². The maximum absolute atomic E-state index is 16.4. The molecule has 2 atom stereocenters. The largest absolute Gasteiger partial charge is 0.478 e. The van der Waals surface area contributed by atoms with Crippen molar-refractivity contribution in [1.82, 2.24) is 18.7 Å². The summed E-state index contributed by atoms with van der Waals surface area (Å²) >= 11 is 0.683. The van der Waals surface area contributed by atoms with Crippen molar-refractivity contribution in [3.63, 3.8) is 0 Å². The summed E-state index contributed by atoms with van der Waals surface area (Å²) in [6, 6.07) is 12.2. The molecule has 2 aromatic heterocycles. The number of hydrogen-bond acceptors (Lipinski definition) is 10. The van der Waals surface area contributed by atoms with Crippen LogP contribution in [-0.2, 0) is 54.7 Å². The van der Waals surface area contributed by atoms with Crippen LogP contribution >= 0.6 is 11.8 Å². The topological polar surface area (TPSA) is 168 Å². The standard InChI is InChI=1S/C41H46F2N4O8S3/c1-24(38(50)55-6)18-25-10-8-11-26(19-25)41(4)15-9-14-40(2,3)23-58(53,54)17-13-28-27-12-16-47(57(7,51)52)33(27)22-32(43)35(28)56-34-21-29(31(42)20-30(34)37(48)49)36-44-39(41)45-46(36)5/h8,10-12,16,19-22,24H,9,13-15,17-18,23H2,1-7H3,(H,48,49)/t24-,41-/m1/s1. The lowest BCUT2D eigenvalue weighted by atomic mass is 9.75. The van der Waals surface area contributed by atoms with Gasteiger partial charge >= 0.3 is 11.9 Å². The molecule has 12 nitrogen and oxygen atoms in total. The number of aromatic carboxylic acids is 1. The Hall–Kier alpha value is -4.61. The number of sulfone groups is 1. The van der Waals surface area contributed by atoms with Gasteiger partial charge in [0.25, 0.3) is 0 Å². The second kappa shape index (κ2) is 15.9. The number of carbonyl (C=O) groups is 2. The van der Waals surface area contributed by atoms with E-state index in [1.165, 1.54) is 30.1 Å². The summed E-state index contributed by atoms with van der Waals surface area (Å²) in [5.74, 6) is -4.25. The molecule has 3 aromatic carbocycles. The highest BCUT2D eigenvalue weighted by Gasteiger charge is 2.37. The second-order valence-corrected chi connectivity index (χ2v) is 21.2. The smallest absolute Gasteiger partial charge is 0.336 e. The molecule has 4 bridgehead atoms. The molecule has 0 spiro atoms. The third-order valence-corrected chi connectivity index (χ3v) is 15.1. The number of esters is 1. The molecule has 0 fully saturated rings. The number of halogens is 2. The predicted octanol–water partition coefficient (Wildman–Crippen LogP) is 7.20. The van der Waals surface area contributed by atoms with Gasteiger partial charge in [0.05, 0.1) is 57.7 Å². The number of methoxy groups -OCH3 is 1. The van der Waals surface area contributed by atoms with Gasteiger partial charge in [0.1, 0.15) is 11.6 Å². The van der Waals surface area contributed by atoms with Crippen molar-refractivity contribution >= 4 is 54.5 Å². The lowest BCUT2D eigenvalue weighted by Crippen LogP contribution is -2.29. The fourth-order valence-corrected chi connectivity index (χ4v) is 11.8. The quantitative estimate of drug-likeness (QED) is 0.172. The van der Waals surface area contributed by atoms with E-state index in [0.717, 1.165) is 33.5 Å². The molecule has 0 radical (unpaired) electrons. The Balaban J connectivity index is 1.57. The summed E-state index contributed by atoms with van der Waals surface area (Å²) in [5.41, 5.74) is -0.327. The van der Waals surface area contributed by atoms with E-state index in [-0.39, 0.29) is 55.8 Å². The molecule has 1 aliphatic heterocycles. The number of carboxylic acid groups (broad SMARTS) is 1. The summed E-state index contributed by atoms with van der Waals surface area (Å²) in [6.45, 7) is 7.46. The fourth-order valence-electron chi connectivity index (χ4n) is 7.84. The molecule has 0 aliphatic carbocycles. The first-order valence-corrected chi connectivity index (χ1v) is 23.1. The van der Waals surface area contributed by atoms with Crippen LogP contribution in [0.15, 0.2) is 64.5 Å². The van der Waals surface area contributed by atoms with E-state index in [1.807, 2.05) is 45.0 Å². The Bertz CT molecular complexity index is 2670. The number of benzene rings is 3. The number of fused-ring (bicyclic) bond motifs is 8. The van der Waals surface area contributed by atoms with Gasteiger partial charge < -0.3 is 9.84 Å². The van der Waals surface area contributed by atoms with Crippen molar-refractivity contribution in [2.45, 2.75) is 75.0 Å². The average Bonchev–Trinajstić information content (AvgIpc) is 3.74. The molecule has 6 rings (SSSR count). The molecule has 58 heavy (non-hydrogen) atoms. The van der Waals surface area contributed by atoms with Gasteiger partial charge in [-0.25, -0.2) is 44.0 Å². The highest BCUT2D eigenvalue weighted by Crippen LogP contribution is 2.43. The van der Waals surface area contributed by atoms with Gasteiger partial charge in [-0.15, -0.1) is 0 Å². The van der Waals surface area contributed by atoms with Crippen molar-refractivity contribution in [1.29, 1.82) is 0 Å². The van der Waals surface area contributed by atoms with Crippen LogP contribution in [0.1, 0.15) is 79.8 Å². The zero-order valence-corrected chi connectivity index (χ0v) is 35.7. The summed E-state index contributed by atoms with van der Waals surface area (Å²) in [4.78, 5) is 29.5. The Morgan fingerprint density at radius 3 is 2.47 bits per heavy atom. The Labute approximate surface area is 341 Å². The number of aryl methyl sites for hydroxylation is 2. The van der Waals surface area contributed by atoms with E-state index >= 15 is 8.78 Å². The van der Waals surface area contributed by atoms with Crippen molar-refractivity contribution in [3.8, 4) is 11.4 Å². The van der Waals surface area contributed by atoms with E-state index in [2.05, 4.69) is 0 Å². The lowest BCUT2D eigenvalue weighted by molar-refractivity contribution is -0.144. The van der Waals surface area contributed by atoms with Gasteiger partial charge in [0.15, 0.2) is 21.5 Å². The minimum absolute atomic E-state index is 0.00403. The van der Waals surface area contributed by atoms with Crippen LogP contribution in [0.3, 0.4) is 0 Å². The van der Waals surface area contributed by atoms with E-state index in [4.69, 9.17) is 14.8 Å². The van der Waals surface area contributed by atoms with Gasteiger partial charge in [-0.2, -0.15) is 5.10 Å². The zero-order valence-electron chi connectivity index (χ0n) is 33.3. The summed E-state index contributed by atoms with van der Waals surface area (Å²) in [6.07, 6.45) is 3.88. The number of hydrogen-bond donors (Lipinski definition) is 1. The minimum Gasteiger partial charge on any atom is -0.478 e. The van der Waals surface area contributed by atoms with Crippen LogP contribution in [-0.4, -0.2) is 77.5 Å². The van der Waals surface area contributed by atoms with Crippen LogP contribution in [0.5, 0.6) is 0 Å². The Morgan fingerprint density at radius 2 is 1.79 bits per heavy atom. The van der Waals surface area contributed by atoms with Crippen molar-refractivity contribution in [2.24, 2.45) is 18.4 Å². The molecule has 17 heteroatoms. The molecular weight excluding hydrogens is 811 g/mol. The van der Waals surface area contributed by atoms with Gasteiger partial charge in [0.2, 0.25) is 10.0 Å². The van der Waals surface area contributed by atoms with E-state index in [9.17, 15) is 31.5 Å². The maximum atomic E-state index is 16.4. The minimum atomic E-state index is -3.88. The normalized spacial score (nSPS) is 19.1. The van der Waals surface area contributed by atoms with Crippen LogP contribution in [0, 0.1) is 23.0 Å². The second-order valence-electron chi connectivity index (χ2n) is 16.1. The monoisotopic (exact) mass is 856 g/mol. The third-order valence-electron chi connectivity index (χ3n) is 10.8. The average molecular weight is 857 g/mol. The molecule has 0 unspecified atom stereocenters. The van der Waals surface area contributed by atoms with Crippen LogP contribution in [0.4, 0.5) is 8.78 Å². The first kappa shape index (κ1) is 43.0. The summed E-state index contributed by atoms with van der Waals surface area (Å²) < 4.78 is 92.7. The first-order chi connectivity index (χ1) is 27.0. The molecule has 5 aromatic rings. The Morgan fingerprint density at radius 1 is 1.07 bits per heavy atom. The van der Waals surface area contributed by atoms with Crippen LogP contribution < -0.4 is 0 Å². The molecule has 1 N–H and O–H groups in total. The number of nitrogens with zero attached hydrogens (tertiary/aromatic N) is 4. The van der Waals surface area contributed by atoms with Gasteiger partial charge in [-0.3, -0.25) is 4.79 Å². The zero-order chi connectivity index (χ0) is 42.5. The number of aromatic nitrogens is 4. The molecule has 0 saturated carbocycles. The van der Waals surface area contributed by atoms with Gasteiger partial charge in [-0.1, -0.05) is 63.2 Å². The van der Waals surface area contributed by atoms with Gasteiger partial charge in [0, 0.05) is 29.6 Å².